The third kappa shape index (κ3) is 5.46. The number of rotatable bonds is 8. The standard InChI is InChI=1S/C29H31N3O4/c1-3-34-26-9-4-5-10-27(26)36-24-13-15-31(16-14-24)29(33)22-7-6-8-25(17-22)35-20-23-19-32-18-21(2)11-12-28(32)30-23/h4-12,17-19,24H,3,13-16,20H2,1-2H3. The number of imidazole rings is 1. The monoisotopic (exact) mass is 485 g/mol. The van der Waals surface area contributed by atoms with Gasteiger partial charge in [0.15, 0.2) is 11.5 Å². The molecule has 0 saturated carbocycles. The molecule has 0 radical (unpaired) electrons. The van der Waals surface area contributed by atoms with Crippen LogP contribution in [-0.2, 0) is 6.61 Å². The van der Waals surface area contributed by atoms with E-state index in [4.69, 9.17) is 14.2 Å². The van der Waals surface area contributed by atoms with Crippen LogP contribution in [0.15, 0.2) is 73.1 Å². The summed E-state index contributed by atoms with van der Waals surface area (Å²) >= 11 is 0. The number of fused-ring (bicyclic) bond motifs is 1. The Morgan fingerprint density at radius 1 is 0.972 bits per heavy atom. The van der Waals surface area contributed by atoms with Crippen LogP contribution >= 0.6 is 0 Å². The van der Waals surface area contributed by atoms with Crippen LogP contribution in [0.1, 0.15) is 41.4 Å². The van der Waals surface area contributed by atoms with Crippen LogP contribution in [0.4, 0.5) is 0 Å². The number of hydrogen-bond acceptors (Lipinski definition) is 5. The number of aromatic nitrogens is 2. The highest BCUT2D eigenvalue weighted by atomic mass is 16.5. The lowest BCUT2D eigenvalue weighted by molar-refractivity contribution is 0.0589. The Morgan fingerprint density at radius 3 is 2.58 bits per heavy atom. The van der Waals surface area contributed by atoms with Crippen molar-refractivity contribution in [3.05, 3.63) is 89.9 Å². The number of aryl methyl sites for hydroxylation is 1. The van der Waals surface area contributed by atoms with E-state index < -0.39 is 0 Å². The van der Waals surface area contributed by atoms with E-state index in [1.165, 1.54) is 5.56 Å². The number of carbonyl (C=O) groups excluding carboxylic acids is 1. The smallest absolute Gasteiger partial charge is 0.253 e. The van der Waals surface area contributed by atoms with Crippen molar-refractivity contribution in [3.8, 4) is 17.2 Å². The van der Waals surface area contributed by atoms with Gasteiger partial charge in [-0.15, -0.1) is 0 Å². The first kappa shape index (κ1) is 23.7. The molecule has 186 valence electrons. The molecule has 7 nitrogen and oxygen atoms in total. The first-order valence-electron chi connectivity index (χ1n) is 12.4. The van der Waals surface area contributed by atoms with Gasteiger partial charge in [-0.1, -0.05) is 24.3 Å². The maximum atomic E-state index is 13.2. The summed E-state index contributed by atoms with van der Waals surface area (Å²) in [4.78, 5) is 19.7. The van der Waals surface area contributed by atoms with Crippen LogP contribution < -0.4 is 14.2 Å². The number of hydrogen-bond donors (Lipinski definition) is 0. The summed E-state index contributed by atoms with van der Waals surface area (Å²) in [5.74, 6) is 2.18. The molecule has 7 heteroatoms. The molecule has 0 aliphatic carbocycles. The minimum absolute atomic E-state index is 0.0109. The molecule has 0 spiro atoms. The normalized spacial score (nSPS) is 14.1. The maximum absolute atomic E-state index is 13.2. The molecule has 1 saturated heterocycles. The Hall–Kier alpha value is -4.00. The molecule has 1 fully saturated rings. The van der Waals surface area contributed by atoms with Gasteiger partial charge < -0.3 is 23.5 Å². The molecule has 4 aromatic rings. The quantitative estimate of drug-likeness (QED) is 0.339. The van der Waals surface area contributed by atoms with Crippen molar-refractivity contribution in [2.24, 2.45) is 0 Å². The predicted molar refractivity (Wildman–Crippen MR) is 138 cm³/mol. The maximum Gasteiger partial charge on any atom is 0.253 e. The van der Waals surface area contributed by atoms with Gasteiger partial charge in [-0.2, -0.15) is 0 Å². The molecule has 0 unspecified atom stereocenters. The summed E-state index contributed by atoms with van der Waals surface area (Å²) in [6.07, 6.45) is 5.61. The van der Waals surface area contributed by atoms with Crippen LogP contribution in [0.3, 0.4) is 0 Å². The molecule has 1 amide bonds. The van der Waals surface area contributed by atoms with Gasteiger partial charge >= 0.3 is 0 Å². The number of benzene rings is 2. The lowest BCUT2D eigenvalue weighted by Gasteiger charge is -2.32. The fourth-order valence-corrected chi connectivity index (χ4v) is 4.46. The number of para-hydroxylation sites is 2. The van der Waals surface area contributed by atoms with E-state index in [0.29, 0.717) is 37.6 Å². The Bertz CT molecular complexity index is 1340. The van der Waals surface area contributed by atoms with E-state index in [-0.39, 0.29) is 12.0 Å². The number of pyridine rings is 1. The number of likely N-dealkylation sites (tertiary alicyclic amines) is 1. The number of amides is 1. The zero-order chi connectivity index (χ0) is 24.9. The highest BCUT2D eigenvalue weighted by Gasteiger charge is 2.25. The van der Waals surface area contributed by atoms with Crippen molar-refractivity contribution >= 4 is 11.6 Å². The number of nitrogens with zero attached hydrogens (tertiary/aromatic N) is 3. The minimum atomic E-state index is 0.0109. The van der Waals surface area contributed by atoms with E-state index >= 15 is 0 Å². The first-order chi connectivity index (χ1) is 17.6. The van der Waals surface area contributed by atoms with Gasteiger partial charge in [-0.05, 0) is 55.8 Å². The summed E-state index contributed by atoms with van der Waals surface area (Å²) in [7, 11) is 0. The minimum Gasteiger partial charge on any atom is -0.490 e. The van der Waals surface area contributed by atoms with Crippen molar-refractivity contribution in [3.63, 3.8) is 0 Å². The summed E-state index contributed by atoms with van der Waals surface area (Å²) in [5, 5.41) is 0. The van der Waals surface area contributed by atoms with E-state index in [1.807, 2.05) is 89.3 Å². The van der Waals surface area contributed by atoms with E-state index in [0.717, 1.165) is 35.7 Å². The molecule has 2 aromatic heterocycles. The number of carbonyl (C=O) groups is 1. The third-order valence-corrected chi connectivity index (χ3v) is 6.29. The summed E-state index contributed by atoms with van der Waals surface area (Å²) in [6, 6.07) is 19.1. The van der Waals surface area contributed by atoms with Crippen LogP contribution in [0.2, 0.25) is 0 Å². The second-order valence-corrected chi connectivity index (χ2v) is 9.01. The lowest BCUT2D eigenvalue weighted by atomic mass is 10.1. The van der Waals surface area contributed by atoms with Crippen molar-refractivity contribution in [1.82, 2.24) is 14.3 Å². The average Bonchev–Trinajstić information content (AvgIpc) is 3.31. The van der Waals surface area contributed by atoms with Crippen LogP contribution in [-0.4, -0.2) is 46.0 Å². The summed E-state index contributed by atoms with van der Waals surface area (Å²) < 4.78 is 19.8. The molecule has 3 heterocycles. The molecule has 5 rings (SSSR count). The number of piperidine rings is 1. The Kier molecular flexibility index (Phi) is 7.07. The predicted octanol–water partition coefficient (Wildman–Crippen LogP) is 5.30. The summed E-state index contributed by atoms with van der Waals surface area (Å²) in [6.45, 7) is 6.23. The zero-order valence-corrected chi connectivity index (χ0v) is 20.7. The van der Waals surface area contributed by atoms with Crippen molar-refractivity contribution in [2.75, 3.05) is 19.7 Å². The van der Waals surface area contributed by atoms with Crippen LogP contribution in [0.25, 0.3) is 5.65 Å². The van der Waals surface area contributed by atoms with Crippen molar-refractivity contribution in [2.45, 2.75) is 39.4 Å². The lowest BCUT2D eigenvalue weighted by Crippen LogP contribution is -2.41. The van der Waals surface area contributed by atoms with E-state index in [9.17, 15) is 4.79 Å². The fourth-order valence-electron chi connectivity index (χ4n) is 4.46. The highest BCUT2D eigenvalue weighted by molar-refractivity contribution is 5.94. The SMILES string of the molecule is CCOc1ccccc1OC1CCN(C(=O)c2cccc(OCc3cn4cc(C)ccc4n3)c2)CC1. The van der Waals surface area contributed by atoms with Crippen molar-refractivity contribution < 1.29 is 19.0 Å². The third-order valence-electron chi connectivity index (χ3n) is 6.29. The Balaban J connectivity index is 1.16. The largest absolute Gasteiger partial charge is 0.490 e. The van der Waals surface area contributed by atoms with Crippen LogP contribution in [0.5, 0.6) is 17.2 Å². The van der Waals surface area contributed by atoms with Crippen LogP contribution in [0, 0.1) is 6.92 Å². The topological polar surface area (TPSA) is 65.3 Å². The fraction of sp³-hybridized carbons (Fsp3) is 0.310. The molecule has 0 N–H and O–H groups in total. The van der Waals surface area contributed by atoms with Gasteiger partial charge in [-0.25, -0.2) is 4.98 Å². The molecule has 1 aliphatic rings. The van der Waals surface area contributed by atoms with E-state index in [1.54, 1.807) is 0 Å². The zero-order valence-electron chi connectivity index (χ0n) is 20.7. The molecule has 1 aliphatic heterocycles. The van der Waals surface area contributed by atoms with Gasteiger partial charge in [0.05, 0.1) is 12.3 Å². The molecule has 0 atom stereocenters. The summed E-state index contributed by atoms with van der Waals surface area (Å²) in [5.41, 5.74) is 3.52. The molecular formula is C29H31N3O4. The molecule has 36 heavy (non-hydrogen) atoms. The first-order valence-corrected chi connectivity index (χ1v) is 12.4. The van der Waals surface area contributed by atoms with Crippen molar-refractivity contribution in [1.29, 1.82) is 0 Å². The molecular weight excluding hydrogens is 454 g/mol. The van der Waals surface area contributed by atoms with E-state index in [2.05, 4.69) is 11.9 Å². The van der Waals surface area contributed by atoms with Gasteiger partial charge in [0.2, 0.25) is 0 Å². The van der Waals surface area contributed by atoms with Gasteiger partial charge in [0, 0.05) is 43.9 Å². The molecule has 0 bridgehead atoms. The Labute approximate surface area is 211 Å². The second-order valence-electron chi connectivity index (χ2n) is 9.01. The Morgan fingerprint density at radius 2 is 1.78 bits per heavy atom. The molecule has 2 aromatic carbocycles. The second kappa shape index (κ2) is 10.7. The van der Waals surface area contributed by atoms with Gasteiger partial charge in [0.25, 0.3) is 5.91 Å². The van der Waals surface area contributed by atoms with Gasteiger partial charge in [0.1, 0.15) is 24.1 Å². The average molecular weight is 486 g/mol. The number of ether oxygens (including phenoxy) is 3. The highest BCUT2D eigenvalue weighted by Crippen LogP contribution is 2.29. The van der Waals surface area contributed by atoms with Gasteiger partial charge in [-0.3, -0.25) is 4.79 Å².